The summed E-state index contributed by atoms with van der Waals surface area (Å²) in [6, 6.07) is 22.0. The number of rotatable bonds is 12. The highest BCUT2D eigenvalue weighted by Gasteiger charge is 2.33. The topological polar surface area (TPSA) is 86.8 Å². The van der Waals surface area contributed by atoms with Gasteiger partial charge in [-0.05, 0) is 48.9 Å². The molecular weight excluding hydrogens is 522 g/mol. The van der Waals surface area contributed by atoms with Crippen LogP contribution in [0.25, 0.3) is 0 Å². The summed E-state index contributed by atoms with van der Waals surface area (Å²) >= 11 is 0. The largest absolute Gasteiger partial charge is 0.354 e. The molecule has 7 nitrogen and oxygen atoms in total. The third-order valence-corrected chi connectivity index (χ3v) is 7.91. The van der Waals surface area contributed by atoms with E-state index in [4.69, 9.17) is 0 Å². The van der Waals surface area contributed by atoms with Crippen molar-refractivity contribution in [3.8, 4) is 0 Å². The van der Waals surface area contributed by atoms with E-state index in [1.165, 1.54) is 4.90 Å². The van der Waals surface area contributed by atoms with Crippen LogP contribution < -0.4 is 9.62 Å². The molecule has 0 aromatic heterocycles. The van der Waals surface area contributed by atoms with Crippen molar-refractivity contribution in [3.05, 3.63) is 101 Å². The zero-order chi connectivity index (χ0) is 29.4. The smallest absolute Gasteiger partial charge is 0.244 e. The van der Waals surface area contributed by atoms with Crippen LogP contribution in [0.5, 0.6) is 0 Å². The van der Waals surface area contributed by atoms with Gasteiger partial charge in [0.1, 0.15) is 12.6 Å². The highest BCUT2D eigenvalue weighted by molar-refractivity contribution is 7.92. The zero-order valence-corrected chi connectivity index (χ0v) is 25.2. The normalized spacial score (nSPS) is 12.2. The second-order valence-corrected chi connectivity index (χ2v) is 12.8. The number of carbonyl (C=O) groups is 2. The van der Waals surface area contributed by atoms with E-state index >= 15 is 0 Å². The second kappa shape index (κ2) is 13.6. The van der Waals surface area contributed by atoms with Crippen LogP contribution in [0.4, 0.5) is 5.69 Å². The first-order valence-electron chi connectivity index (χ1n) is 13.6. The fourth-order valence-corrected chi connectivity index (χ4v) is 5.61. The first-order chi connectivity index (χ1) is 18.9. The summed E-state index contributed by atoms with van der Waals surface area (Å²) < 4.78 is 27.2. The fourth-order valence-electron chi connectivity index (χ4n) is 4.64. The van der Waals surface area contributed by atoms with Gasteiger partial charge in [-0.15, -0.1) is 0 Å². The SMILES string of the molecule is Cc1ccc(CN(C(=O)CN(c2c(C)cccc2C)S(C)(=O)=O)[C@H](Cc2ccccc2)C(=O)NCC(C)C)cc1. The highest BCUT2D eigenvalue weighted by atomic mass is 32.2. The first-order valence-corrected chi connectivity index (χ1v) is 15.4. The summed E-state index contributed by atoms with van der Waals surface area (Å²) in [5.74, 6) is -0.488. The van der Waals surface area contributed by atoms with E-state index in [2.05, 4.69) is 5.32 Å². The Morgan fingerprint density at radius 3 is 1.98 bits per heavy atom. The van der Waals surface area contributed by atoms with Crippen LogP contribution in [0.3, 0.4) is 0 Å². The third kappa shape index (κ3) is 8.42. The monoisotopic (exact) mass is 563 g/mol. The van der Waals surface area contributed by atoms with Crippen LogP contribution in [0.2, 0.25) is 0 Å². The van der Waals surface area contributed by atoms with Crippen LogP contribution in [-0.2, 0) is 32.6 Å². The van der Waals surface area contributed by atoms with Crippen molar-refractivity contribution >= 4 is 27.5 Å². The molecule has 0 fully saturated rings. The van der Waals surface area contributed by atoms with E-state index in [0.717, 1.165) is 38.4 Å². The molecule has 1 N–H and O–H groups in total. The lowest BCUT2D eigenvalue weighted by atomic mass is 10.0. The van der Waals surface area contributed by atoms with Crippen LogP contribution in [0.15, 0.2) is 72.8 Å². The zero-order valence-electron chi connectivity index (χ0n) is 24.3. The van der Waals surface area contributed by atoms with Gasteiger partial charge in [0, 0.05) is 19.5 Å². The van der Waals surface area contributed by atoms with E-state index in [9.17, 15) is 18.0 Å². The number of nitrogens with one attached hydrogen (secondary N) is 1. The number of para-hydroxylation sites is 1. The maximum atomic E-state index is 14.2. The van der Waals surface area contributed by atoms with Gasteiger partial charge in [0.25, 0.3) is 0 Å². The first kappa shape index (κ1) is 30.9. The van der Waals surface area contributed by atoms with Crippen molar-refractivity contribution in [1.29, 1.82) is 0 Å². The molecule has 0 aliphatic rings. The lowest BCUT2D eigenvalue weighted by Crippen LogP contribution is -2.53. The summed E-state index contributed by atoms with van der Waals surface area (Å²) in [7, 11) is -3.81. The molecule has 0 saturated carbocycles. The van der Waals surface area contributed by atoms with Crippen molar-refractivity contribution in [2.75, 3.05) is 23.7 Å². The van der Waals surface area contributed by atoms with Gasteiger partial charge >= 0.3 is 0 Å². The minimum Gasteiger partial charge on any atom is -0.354 e. The van der Waals surface area contributed by atoms with Crippen molar-refractivity contribution < 1.29 is 18.0 Å². The molecule has 3 aromatic rings. The molecule has 3 rings (SSSR count). The van der Waals surface area contributed by atoms with E-state index in [0.29, 0.717) is 18.7 Å². The van der Waals surface area contributed by atoms with Gasteiger partial charge in [-0.3, -0.25) is 13.9 Å². The number of sulfonamides is 1. The number of aryl methyl sites for hydroxylation is 3. The molecule has 214 valence electrons. The molecule has 0 heterocycles. The van der Waals surface area contributed by atoms with Gasteiger partial charge in [-0.2, -0.15) is 0 Å². The number of carbonyl (C=O) groups excluding carboxylic acids is 2. The molecular formula is C32H41N3O4S. The predicted molar refractivity (Wildman–Crippen MR) is 162 cm³/mol. The predicted octanol–water partition coefficient (Wildman–Crippen LogP) is 4.79. The molecule has 40 heavy (non-hydrogen) atoms. The Kier molecular flexibility index (Phi) is 10.5. The Labute approximate surface area is 239 Å². The summed E-state index contributed by atoms with van der Waals surface area (Å²) in [6.45, 7) is 9.87. The Balaban J connectivity index is 2.07. The second-order valence-electron chi connectivity index (χ2n) is 10.9. The number of nitrogens with zero attached hydrogens (tertiary/aromatic N) is 2. The molecule has 0 saturated heterocycles. The van der Waals surface area contributed by atoms with Crippen molar-refractivity contribution in [2.45, 2.75) is 53.6 Å². The minimum absolute atomic E-state index is 0.163. The van der Waals surface area contributed by atoms with Crippen molar-refractivity contribution in [3.63, 3.8) is 0 Å². The number of amides is 2. The third-order valence-electron chi connectivity index (χ3n) is 6.80. The molecule has 8 heteroatoms. The Morgan fingerprint density at radius 2 is 1.43 bits per heavy atom. The maximum Gasteiger partial charge on any atom is 0.244 e. The highest BCUT2D eigenvalue weighted by Crippen LogP contribution is 2.27. The van der Waals surface area contributed by atoms with E-state index < -0.39 is 28.5 Å². The fraction of sp³-hybridized carbons (Fsp3) is 0.375. The van der Waals surface area contributed by atoms with Crippen LogP contribution in [0, 0.1) is 26.7 Å². The van der Waals surface area contributed by atoms with Crippen LogP contribution in [-0.4, -0.2) is 50.5 Å². The minimum atomic E-state index is -3.81. The number of hydrogen-bond donors (Lipinski definition) is 1. The number of benzene rings is 3. The van der Waals surface area contributed by atoms with E-state index in [1.807, 2.05) is 107 Å². The molecule has 1 atom stereocenters. The summed E-state index contributed by atoms with van der Waals surface area (Å²) in [5, 5.41) is 3.00. The standard InChI is InChI=1S/C32H41N3O4S/c1-23(2)20-33-32(37)29(19-27-13-8-7-9-14-27)34(21-28-17-15-24(3)16-18-28)30(36)22-35(40(6,38)39)31-25(4)11-10-12-26(31)5/h7-18,23,29H,19-22H2,1-6H3,(H,33,37)/t29-/m1/s1. The Morgan fingerprint density at radius 1 is 0.825 bits per heavy atom. The molecule has 2 amide bonds. The molecule has 0 aliphatic carbocycles. The van der Waals surface area contributed by atoms with E-state index in [-0.39, 0.29) is 18.4 Å². The van der Waals surface area contributed by atoms with Gasteiger partial charge in [0.05, 0.1) is 11.9 Å². The lowest BCUT2D eigenvalue weighted by Gasteiger charge is -2.34. The molecule has 3 aromatic carbocycles. The number of hydrogen-bond acceptors (Lipinski definition) is 4. The van der Waals surface area contributed by atoms with Gasteiger partial charge < -0.3 is 10.2 Å². The average Bonchev–Trinajstić information content (AvgIpc) is 2.89. The van der Waals surface area contributed by atoms with Gasteiger partial charge in [-0.25, -0.2) is 8.42 Å². The van der Waals surface area contributed by atoms with Gasteiger partial charge in [0.2, 0.25) is 21.8 Å². The molecule has 0 radical (unpaired) electrons. The van der Waals surface area contributed by atoms with Crippen LogP contribution in [0.1, 0.15) is 41.7 Å². The molecule has 0 aliphatic heterocycles. The van der Waals surface area contributed by atoms with Crippen molar-refractivity contribution in [2.24, 2.45) is 5.92 Å². The van der Waals surface area contributed by atoms with Crippen molar-refractivity contribution in [1.82, 2.24) is 10.2 Å². The maximum absolute atomic E-state index is 14.2. The van der Waals surface area contributed by atoms with Crippen LogP contribution >= 0.6 is 0 Å². The summed E-state index contributed by atoms with van der Waals surface area (Å²) in [5.41, 5.74) is 4.82. The summed E-state index contributed by atoms with van der Waals surface area (Å²) in [4.78, 5) is 29.4. The lowest BCUT2D eigenvalue weighted by molar-refractivity contribution is -0.140. The number of anilines is 1. The van der Waals surface area contributed by atoms with E-state index in [1.54, 1.807) is 0 Å². The summed E-state index contributed by atoms with van der Waals surface area (Å²) in [6.07, 6.45) is 1.40. The Hall–Kier alpha value is -3.65. The quantitative estimate of drug-likeness (QED) is 0.343. The van der Waals surface area contributed by atoms with Gasteiger partial charge in [0.15, 0.2) is 0 Å². The molecule has 0 spiro atoms. The molecule has 0 bridgehead atoms. The van der Waals surface area contributed by atoms with Gasteiger partial charge in [-0.1, -0.05) is 92.2 Å². The molecule has 0 unspecified atom stereocenters. The Bertz CT molecular complexity index is 1380. The average molecular weight is 564 g/mol.